The number of hydrogen-bond donors (Lipinski definition) is 2. The van der Waals surface area contributed by atoms with Crippen molar-refractivity contribution in [3.8, 4) is 11.5 Å². The molecule has 2 nitrogen and oxygen atoms in total. The number of rotatable bonds is 6. The molecule has 0 heterocycles. The van der Waals surface area contributed by atoms with Crippen LogP contribution in [-0.2, 0) is 6.42 Å². The molecule has 2 aromatic rings. The number of aromatic hydroxyl groups is 2. The molecule has 0 bridgehead atoms. The highest BCUT2D eigenvalue weighted by Crippen LogP contribution is 2.39. The predicted octanol–water partition coefficient (Wildman–Crippen LogP) is 4.70. The Bertz CT molecular complexity index is 622. The molecule has 2 unspecified atom stereocenters. The molecular weight excluding hydrogens is 279 g/mol. The minimum Gasteiger partial charge on any atom is -0.507 e. The molecule has 0 saturated heterocycles. The van der Waals surface area contributed by atoms with Gasteiger partial charge < -0.3 is 10.2 Å². The Morgan fingerprint density at radius 1 is 1.05 bits per heavy atom. The number of phenolic OH excluding ortho intramolecular Hbond substituents is 2. The molecule has 3 heteroatoms. The Kier molecular flexibility index (Phi) is 5.47. The van der Waals surface area contributed by atoms with Crippen molar-refractivity contribution in [2.24, 2.45) is 0 Å². The summed E-state index contributed by atoms with van der Waals surface area (Å²) in [4.78, 5) is 0. The number of phenols is 2. The smallest absolute Gasteiger partial charge is 0.131 e. The average molecular weight is 304 g/mol. The molecule has 0 fully saturated rings. The minimum atomic E-state index is 0.364. The fourth-order valence-corrected chi connectivity index (χ4v) is 3.94. The lowest BCUT2D eigenvalue weighted by molar-refractivity contribution is 0.466. The van der Waals surface area contributed by atoms with E-state index in [-0.39, 0.29) is 0 Å². The summed E-state index contributed by atoms with van der Waals surface area (Å²) in [6.07, 6.45) is 4.03. The van der Waals surface area contributed by atoms with Crippen molar-refractivity contribution in [3.63, 3.8) is 0 Å². The van der Waals surface area contributed by atoms with Gasteiger partial charge in [-0.25, -0.2) is 0 Å². The fourth-order valence-electron chi connectivity index (χ4n) is 2.56. The van der Waals surface area contributed by atoms with Crippen LogP contribution in [0.1, 0.15) is 45.6 Å². The largest absolute Gasteiger partial charge is 0.507 e. The van der Waals surface area contributed by atoms with Gasteiger partial charge in [-0.2, -0.15) is 0 Å². The normalized spacial score (nSPS) is 13.3. The van der Waals surface area contributed by atoms with Crippen LogP contribution in [0.4, 0.5) is 0 Å². The van der Waals surface area contributed by atoms with Crippen LogP contribution in [0.15, 0.2) is 24.3 Å². The number of benzene rings is 2. The van der Waals surface area contributed by atoms with E-state index in [1.165, 1.54) is 0 Å². The SMILES string of the molecule is CCCCc1c(PC(C)CC)c(O)c2ccccc2c1O. The highest BCUT2D eigenvalue weighted by Gasteiger charge is 2.19. The molecule has 114 valence electrons. The van der Waals surface area contributed by atoms with Crippen LogP contribution in [0.5, 0.6) is 11.5 Å². The van der Waals surface area contributed by atoms with E-state index >= 15 is 0 Å². The molecule has 0 aliphatic carbocycles. The van der Waals surface area contributed by atoms with Crippen molar-refractivity contribution in [2.75, 3.05) is 0 Å². The van der Waals surface area contributed by atoms with Gasteiger partial charge >= 0.3 is 0 Å². The summed E-state index contributed by atoms with van der Waals surface area (Å²) < 4.78 is 0. The van der Waals surface area contributed by atoms with Crippen LogP contribution in [-0.4, -0.2) is 15.9 Å². The van der Waals surface area contributed by atoms with Gasteiger partial charge in [0.25, 0.3) is 0 Å². The first kappa shape index (κ1) is 16.1. The Morgan fingerprint density at radius 2 is 1.67 bits per heavy atom. The number of unbranched alkanes of at least 4 members (excludes halogenated alkanes) is 1. The summed E-state index contributed by atoms with van der Waals surface area (Å²) in [7, 11) is 0.537. The van der Waals surface area contributed by atoms with E-state index in [0.717, 1.165) is 47.3 Å². The minimum absolute atomic E-state index is 0.364. The molecule has 2 aromatic carbocycles. The summed E-state index contributed by atoms with van der Waals surface area (Å²) in [6, 6.07) is 7.58. The lowest BCUT2D eigenvalue weighted by atomic mass is 10.0. The molecule has 2 N–H and O–H groups in total. The first-order valence-corrected chi connectivity index (χ1v) is 8.89. The molecule has 2 atom stereocenters. The molecule has 0 aliphatic heterocycles. The maximum atomic E-state index is 10.7. The van der Waals surface area contributed by atoms with E-state index in [2.05, 4.69) is 20.8 Å². The number of hydrogen-bond acceptors (Lipinski definition) is 2. The van der Waals surface area contributed by atoms with Crippen LogP contribution in [0, 0.1) is 0 Å². The van der Waals surface area contributed by atoms with E-state index in [0.29, 0.717) is 25.7 Å². The molecule has 0 aliphatic rings. The molecule has 2 rings (SSSR count). The second kappa shape index (κ2) is 7.13. The lowest BCUT2D eigenvalue weighted by Crippen LogP contribution is -2.10. The summed E-state index contributed by atoms with van der Waals surface area (Å²) in [5, 5.41) is 23.8. The first-order valence-electron chi connectivity index (χ1n) is 7.82. The Balaban J connectivity index is 2.63. The summed E-state index contributed by atoms with van der Waals surface area (Å²) in [6.45, 7) is 6.52. The van der Waals surface area contributed by atoms with Crippen molar-refractivity contribution < 1.29 is 10.2 Å². The zero-order valence-electron chi connectivity index (χ0n) is 13.1. The molecular formula is C18H25O2P. The molecule has 21 heavy (non-hydrogen) atoms. The lowest BCUT2D eigenvalue weighted by Gasteiger charge is -2.19. The van der Waals surface area contributed by atoms with Gasteiger partial charge in [0.05, 0.1) is 0 Å². The Labute approximate surface area is 129 Å². The van der Waals surface area contributed by atoms with Gasteiger partial charge in [0.2, 0.25) is 0 Å². The zero-order valence-corrected chi connectivity index (χ0v) is 14.1. The number of fused-ring (bicyclic) bond motifs is 1. The molecule has 0 aromatic heterocycles. The van der Waals surface area contributed by atoms with Crippen LogP contribution in [0.25, 0.3) is 10.8 Å². The predicted molar refractivity (Wildman–Crippen MR) is 93.6 cm³/mol. The Hall–Kier alpha value is -1.27. The van der Waals surface area contributed by atoms with E-state index in [1.54, 1.807) is 0 Å². The fraction of sp³-hybridized carbons (Fsp3) is 0.444. The maximum Gasteiger partial charge on any atom is 0.131 e. The Morgan fingerprint density at radius 3 is 2.24 bits per heavy atom. The third-order valence-electron chi connectivity index (χ3n) is 4.05. The van der Waals surface area contributed by atoms with E-state index in [9.17, 15) is 10.2 Å². The van der Waals surface area contributed by atoms with Gasteiger partial charge in [-0.3, -0.25) is 0 Å². The van der Waals surface area contributed by atoms with Gasteiger partial charge in [0.1, 0.15) is 11.5 Å². The maximum absolute atomic E-state index is 10.7. The highest BCUT2D eigenvalue weighted by molar-refractivity contribution is 7.48. The van der Waals surface area contributed by atoms with E-state index in [1.807, 2.05) is 24.3 Å². The second-order valence-corrected chi connectivity index (χ2v) is 7.43. The molecule has 0 radical (unpaired) electrons. The first-order chi connectivity index (χ1) is 10.1. The zero-order chi connectivity index (χ0) is 15.4. The van der Waals surface area contributed by atoms with Crippen molar-refractivity contribution in [3.05, 3.63) is 29.8 Å². The molecule has 0 saturated carbocycles. The third-order valence-corrected chi connectivity index (χ3v) is 5.77. The quantitative estimate of drug-likeness (QED) is 0.600. The van der Waals surface area contributed by atoms with Gasteiger partial charge in [0, 0.05) is 21.6 Å². The van der Waals surface area contributed by atoms with Crippen molar-refractivity contribution in [1.29, 1.82) is 0 Å². The highest BCUT2D eigenvalue weighted by atomic mass is 31.1. The van der Waals surface area contributed by atoms with Crippen LogP contribution >= 0.6 is 8.58 Å². The topological polar surface area (TPSA) is 40.5 Å². The third kappa shape index (κ3) is 3.32. The monoisotopic (exact) mass is 304 g/mol. The molecule has 0 amide bonds. The van der Waals surface area contributed by atoms with Crippen molar-refractivity contribution in [2.45, 2.75) is 52.1 Å². The van der Waals surface area contributed by atoms with Crippen LogP contribution in [0.2, 0.25) is 0 Å². The second-order valence-electron chi connectivity index (χ2n) is 5.65. The van der Waals surface area contributed by atoms with Gasteiger partial charge in [0.15, 0.2) is 0 Å². The van der Waals surface area contributed by atoms with Crippen molar-refractivity contribution >= 4 is 24.7 Å². The standard InChI is InChI=1S/C18H25O2P/c1-4-6-9-15-16(19)13-10-7-8-11-14(13)17(20)18(15)21-12(3)5-2/h7-8,10-12,19-21H,4-6,9H2,1-3H3. The van der Waals surface area contributed by atoms with Gasteiger partial charge in [-0.1, -0.05) is 60.0 Å². The molecule has 0 spiro atoms. The van der Waals surface area contributed by atoms with Crippen molar-refractivity contribution in [1.82, 2.24) is 0 Å². The summed E-state index contributed by atoms with van der Waals surface area (Å²) in [5.74, 6) is 0.732. The summed E-state index contributed by atoms with van der Waals surface area (Å²) in [5.41, 5.74) is 1.48. The van der Waals surface area contributed by atoms with E-state index in [4.69, 9.17) is 0 Å². The summed E-state index contributed by atoms with van der Waals surface area (Å²) >= 11 is 0. The van der Waals surface area contributed by atoms with Gasteiger partial charge in [-0.05, 0) is 24.9 Å². The van der Waals surface area contributed by atoms with Gasteiger partial charge in [-0.15, -0.1) is 0 Å². The van der Waals surface area contributed by atoms with Crippen LogP contribution in [0.3, 0.4) is 0 Å². The van der Waals surface area contributed by atoms with E-state index < -0.39 is 0 Å². The van der Waals surface area contributed by atoms with Crippen LogP contribution < -0.4 is 5.30 Å². The average Bonchev–Trinajstić information content (AvgIpc) is 2.51.